The monoisotopic (exact) mass is 334 g/mol. The Labute approximate surface area is 137 Å². The topological polar surface area (TPSA) is 88.3 Å². The highest BCUT2D eigenvalue weighted by Crippen LogP contribution is 2.30. The lowest BCUT2D eigenvalue weighted by atomic mass is 10.0. The van der Waals surface area contributed by atoms with Crippen molar-refractivity contribution in [3.63, 3.8) is 0 Å². The number of carboxylic acid groups (broad SMARTS) is 1. The number of hydrogen-bond donors (Lipinski definition) is 1. The Balaban J connectivity index is 1.90. The van der Waals surface area contributed by atoms with Gasteiger partial charge in [0.15, 0.2) is 0 Å². The SMILES string of the molecule is Cc1nc(-c2cnn(C)c2)sc1C(=O)N1CCCC[C@@H]1C(=O)O. The van der Waals surface area contributed by atoms with E-state index in [0.29, 0.717) is 23.5 Å². The van der Waals surface area contributed by atoms with Crippen LogP contribution in [0.5, 0.6) is 0 Å². The van der Waals surface area contributed by atoms with E-state index < -0.39 is 12.0 Å². The number of likely N-dealkylation sites (tertiary alicyclic amines) is 1. The highest BCUT2D eigenvalue weighted by molar-refractivity contribution is 7.17. The van der Waals surface area contributed by atoms with Crippen LogP contribution in [0, 0.1) is 6.92 Å². The maximum absolute atomic E-state index is 12.8. The summed E-state index contributed by atoms with van der Waals surface area (Å²) in [4.78, 5) is 30.6. The summed E-state index contributed by atoms with van der Waals surface area (Å²) in [5, 5.41) is 14.2. The molecule has 23 heavy (non-hydrogen) atoms. The normalized spacial score (nSPS) is 18.2. The first-order valence-electron chi connectivity index (χ1n) is 7.47. The van der Waals surface area contributed by atoms with Crippen molar-refractivity contribution in [1.29, 1.82) is 0 Å². The molecule has 2 aromatic rings. The van der Waals surface area contributed by atoms with Crippen molar-refractivity contribution in [2.45, 2.75) is 32.2 Å². The van der Waals surface area contributed by atoms with Crippen LogP contribution >= 0.6 is 11.3 Å². The summed E-state index contributed by atoms with van der Waals surface area (Å²) >= 11 is 1.29. The van der Waals surface area contributed by atoms with Gasteiger partial charge in [-0.1, -0.05) is 0 Å². The van der Waals surface area contributed by atoms with Crippen LogP contribution < -0.4 is 0 Å². The van der Waals surface area contributed by atoms with E-state index in [1.165, 1.54) is 16.2 Å². The molecule has 1 amide bonds. The van der Waals surface area contributed by atoms with E-state index in [1.54, 1.807) is 17.8 Å². The summed E-state index contributed by atoms with van der Waals surface area (Å²) in [5.41, 5.74) is 1.49. The van der Waals surface area contributed by atoms with Crippen LogP contribution in [-0.4, -0.2) is 49.2 Å². The number of aryl methyl sites for hydroxylation is 2. The van der Waals surface area contributed by atoms with Gasteiger partial charge in [0.25, 0.3) is 5.91 Å². The summed E-state index contributed by atoms with van der Waals surface area (Å²) in [6.07, 6.45) is 5.72. The average molecular weight is 334 g/mol. The molecule has 0 aromatic carbocycles. The van der Waals surface area contributed by atoms with E-state index in [4.69, 9.17) is 0 Å². The molecule has 2 aromatic heterocycles. The highest BCUT2D eigenvalue weighted by Gasteiger charge is 2.34. The van der Waals surface area contributed by atoms with Gasteiger partial charge in [-0.25, -0.2) is 9.78 Å². The maximum Gasteiger partial charge on any atom is 0.326 e. The van der Waals surface area contributed by atoms with E-state index in [1.807, 2.05) is 13.2 Å². The Bertz CT molecular complexity index is 752. The van der Waals surface area contributed by atoms with Gasteiger partial charge < -0.3 is 10.0 Å². The first-order valence-corrected chi connectivity index (χ1v) is 8.29. The van der Waals surface area contributed by atoms with Gasteiger partial charge >= 0.3 is 5.97 Å². The summed E-state index contributed by atoms with van der Waals surface area (Å²) in [5.74, 6) is -1.17. The molecule has 0 spiro atoms. The Kier molecular flexibility index (Phi) is 4.16. The number of aromatic nitrogens is 3. The smallest absolute Gasteiger partial charge is 0.326 e. The Hall–Kier alpha value is -2.22. The van der Waals surface area contributed by atoms with Gasteiger partial charge in [0.1, 0.15) is 15.9 Å². The molecule has 8 heteroatoms. The van der Waals surface area contributed by atoms with Crippen molar-refractivity contribution in [2.24, 2.45) is 7.05 Å². The average Bonchev–Trinajstić information content (AvgIpc) is 3.12. The van der Waals surface area contributed by atoms with Gasteiger partial charge in [0, 0.05) is 25.4 Å². The molecule has 7 nitrogen and oxygen atoms in total. The molecule has 122 valence electrons. The molecular formula is C15H18N4O3S. The van der Waals surface area contributed by atoms with Crippen LogP contribution in [0.1, 0.15) is 34.6 Å². The zero-order valence-corrected chi connectivity index (χ0v) is 13.8. The standard InChI is InChI=1S/C15H18N4O3S/c1-9-12(23-13(17-9)10-7-16-18(2)8-10)14(20)19-6-4-3-5-11(19)15(21)22/h7-8,11H,3-6H2,1-2H3,(H,21,22)/t11-/m1/s1. The summed E-state index contributed by atoms with van der Waals surface area (Å²) in [6, 6.07) is -0.736. The minimum Gasteiger partial charge on any atom is -0.480 e. The molecule has 0 saturated carbocycles. The number of nitrogens with zero attached hydrogens (tertiary/aromatic N) is 4. The molecule has 1 fully saturated rings. The molecular weight excluding hydrogens is 316 g/mol. The number of rotatable bonds is 3. The highest BCUT2D eigenvalue weighted by atomic mass is 32.1. The third-order valence-corrected chi connectivity index (χ3v) is 5.19. The summed E-state index contributed by atoms with van der Waals surface area (Å²) < 4.78 is 1.68. The minimum absolute atomic E-state index is 0.234. The van der Waals surface area contributed by atoms with E-state index in [-0.39, 0.29) is 5.91 Å². The van der Waals surface area contributed by atoms with Crippen LogP contribution in [0.3, 0.4) is 0 Å². The molecule has 1 aliphatic rings. The fraction of sp³-hybridized carbons (Fsp3) is 0.467. The number of thiazole rings is 1. The van der Waals surface area contributed by atoms with Gasteiger partial charge in [-0.2, -0.15) is 5.10 Å². The van der Waals surface area contributed by atoms with Crippen LogP contribution in [0.15, 0.2) is 12.4 Å². The van der Waals surface area contributed by atoms with Crippen molar-refractivity contribution < 1.29 is 14.7 Å². The van der Waals surface area contributed by atoms with Crippen molar-refractivity contribution in [3.05, 3.63) is 23.0 Å². The maximum atomic E-state index is 12.8. The van der Waals surface area contributed by atoms with Gasteiger partial charge in [-0.15, -0.1) is 11.3 Å². The number of carbonyl (C=O) groups is 2. The van der Waals surface area contributed by atoms with Gasteiger partial charge in [-0.3, -0.25) is 9.48 Å². The fourth-order valence-corrected chi connectivity index (χ4v) is 3.81. The van der Waals surface area contributed by atoms with Gasteiger partial charge in [0.05, 0.1) is 11.9 Å². The van der Waals surface area contributed by atoms with Crippen molar-refractivity contribution in [1.82, 2.24) is 19.7 Å². The second-order valence-corrected chi connectivity index (χ2v) is 6.68. The second-order valence-electron chi connectivity index (χ2n) is 5.68. The minimum atomic E-state index is -0.937. The van der Waals surface area contributed by atoms with Crippen LogP contribution in [0.25, 0.3) is 10.6 Å². The summed E-state index contributed by atoms with van der Waals surface area (Å²) in [7, 11) is 1.82. The van der Waals surface area contributed by atoms with E-state index >= 15 is 0 Å². The predicted octanol–water partition coefficient (Wildman–Crippen LogP) is 1.93. The number of aliphatic carboxylic acids is 1. The molecule has 0 aliphatic carbocycles. The third-order valence-electron chi connectivity index (χ3n) is 3.99. The molecule has 0 bridgehead atoms. The van der Waals surface area contributed by atoms with Crippen LogP contribution in [-0.2, 0) is 11.8 Å². The fourth-order valence-electron chi connectivity index (χ4n) is 2.81. The molecule has 0 radical (unpaired) electrons. The summed E-state index contributed by atoms with van der Waals surface area (Å²) in [6.45, 7) is 2.26. The molecule has 1 saturated heterocycles. The molecule has 1 aliphatic heterocycles. The van der Waals surface area contributed by atoms with E-state index in [9.17, 15) is 14.7 Å². The molecule has 3 rings (SSSR count). The first-order chi connectivity index (χ1) is 11.0. The number of carboxylic acids is 1. The molecule has 1 N–H and O–H groups in total. The van der Waals surface area contributed by atoms with Crippen molar-refractivity contribution >= 4 is 23.2 Å². The number of carbonyl (C=O) groups excluding carboxylic acids is 1. The van der Waals surface area contributed by atoms with E-state index in [2.05, 4.69) is 10.1 Å². The first kappa shape index (κ1) is 15.7. The zero-order chi connectivity index (χ0) is 16.6. The Morgan fingerprint density at radius 3 is 2.83 bits per heavy atom. The molecule has 3 heterocycles. The quantitative estimate of drug-likeness (QED) is 0.926. The third kappa shape index (κ3) is 2.98. The van der Waals surface area contributed by atoms with E-state index in [0.717, 1.165) is 23.4 Å². The second kappa shape index (κ2) is 6.11. The number of amides is 1. The van der Waals surface area contributed by atoms with Crippen molar-refractivity contribution in [2.75, 3.05) is 6.54 Å². The zero-order valence-electron chi connectivity index (χ0n) is 13.0. The van der Waals surface area contributed by atoms with Crippen LogP contribution in [0.2, 0.25) is 0 Å². The number of hydrogen-bond acceptors (Lipinski definition) is 5. The van der Waals surface area contributed by atoms with Gasteiger partial charge in [-0.05, 0) is 26.2 Å². The number of piperidine rings is 1. The van der Waals surface area contributed by atoms with Crippen LogP contribution in [0.4, 0.5) is 0 Å². The lowest BCUT2D eigenvalue weighted by Crippen LogP contribution is -2.47. The molecule has 0 unspecified atom stereocenters. The van der Waals surface area contributed by atoms with Crippen molar-refractivity contribution in [3.8, 4) is 10.6 Å². The molecule has 1 atom stereocenters. The lowest BCUT2D eigenvalue weighted by Gasteiger charge is -2.32. The lowest BCUT2D eigenvalue weighted by molar-refractivity contribution is -0.143. The predicted molar refractivity (Wildman–Crippen MR) is 85.4 cm³/mol. The largest absolute Gasteiger partial charge is 0.480 e. The Morgan fingerprint density at radius 1 is 1.39 bits per heavy atom. The Morgan fingerprint density at radius 2 is 2.17 bits per heavy atom. The van der Waals surface area contributed by atoms with Gasteiger partial charge in [0.2, 0.25) is 0 Å².